The SMILES string of the molecule is C/C(=N\Nc1c(F)c(F)cc(F)c1F)c1ccc2ccccc2c1. The van der Waals surface area contributed by atoms with Crippen molar-refractivity contribution in [3.05, 3.63) is 77.4 Å². The topological polar surface area (TPSA) is 24.4 Å². The minimum atomic E-state index is -1.52. The summed E-state index contributed by atoms with van der Waals surface area (Å²) < 4.78 is 53.5. The molecule has 6 heteroatoms. The third-order valence-corrected chi connectivity index (χ3v) is 3.61. The first-order valence-corrected chi connectivity index (χ1v) is 7.10. The van der Waals surface area contributed by atoms with Crippen LogP contribution in [0.15, 0.2) is 53.6 Å². The van der Waals surface area contributed by atoms with Gasteiger partial charge < -0.3 is 0 Å². The van der Waals surface area contributed by atoms with Crippen molar-refractivity contribution in [2.24, 2.45) is 5.10 Å². The lowest BCUT2D eigenvalue weighted by Crippen LogP contribution is -2.05. The number of nitrogens with zero attached hydrogens (tertiary/aromatic N) is 1. The molecule has 0 heterocycles. The Morgan fingerprint density at radius 2 is 1.46 bits per heavy atom. The van der Waals surface area contributed by atoms with Gasteiger partial charge in [-0.2, -0.15) is 5.10 Å². The van der Waals surface area contributed by atoms with E-state index in [1.807, 2.05) is 36.4 Å². The van der Waals surface area contributed by atoms with Gasteiger partial charge in [0.25, 0.3) is 0 Å². The molecule has 0 radical (unpaired) electrons. The number of hydrogen-bond acceptors (Lipinski definition) is 2. The molecular weight excluding hydrogens is 320 g/mol. The van der Waals surface area contributed by atoms with Crippen LogP contribution < -0.4 is 5.43 Å². The number of benzene rings is 3. The largest absolute Gasteiger partial charge is 0.272 e. The van der Waals surface area contributed by atoms with Crippen molar-refractivity contribution in [2.75, 3.05) is 5.43 Å². The fourth-order valence-corrected chi connectivity index (χ4v) is 2.29. The standard InChI is InChI=1S/C18H12F4N2/c1-10(12-7-6-11-4-2-3-5-13(11)8-12)23-24-18-16(21)14(19)9-15(20)17(18)22/h2-9,24H,1H3/b23-10+. The summed E-state index contributed by atoms with van der Waals surface area (Å²) in [6.07, 6.45) is 0. The Balaban J connectivity index is 1.94. The lowest BCUT2D eigenvalue weighted by molar-refractivity contribution is 0.458. The van der Waals surface area contributed by atoms with Crippen LogP contribution in [0.1, 0.15) is 12.5 Å². The van der Waals surface area contributed by atoms with Crippen LogP contribution in [-0.4, -0.2) is 5.71 Å². The molecular formula is C18H12F4N2. The highest BCUT2D eigenvalue weighted by Crippen LogP contribution is 2.24. The van der Waals surface area contributed by atoms with Gasteiger partial charge in [-0.15, -0.1) is 0 Å². The number of rotatable bonds is 3. The Labute approximate surface area is 135 Å². The number of fused-ring (bicyclic) bond motifs is 1. The van der Waals surface area contributed by atoms with Gasteiger partial charge in [0.2, 0.25) is 0 Å². The van der Waals surface area contributed by atoms with Gasteiger partial charge in [0.1, 0.15) is 5.69 Å². The van der Waals surface area contributed by atoms with Gasteiger partial charge in [0.05, 0.1) is 5.71 Å². The van der Waals surface area contributed by atoms with Crippen molar-refractivity contribution in [3.8, 4) is 0 Å². The highest BCUT2D eigenvalue weighted by Gasteiger charge is 2.18. The molecule has 3 aromatic carbocycles. The second-order valence-electron chi connectivity index (χ2n) is 5.21. The van der Waals surface area contributed by atoms with Crippen molar-refractivity contribution in [3.63, 3.8) is 0 Å². The van der Waals surface area contributed by atoms with Gasteiger partial charge in [-0.1, -0.05) is 36.4 Å². The molecule has 0 saturated heterocycles. The Bertz CT molecular complexity index is 925. The average Bonchev–Trinajstić information content (AvgIpc) is 2.59. The molecule has 0 atom stereocenters. The molecule has 0 amide bonds. The van der Waals surface area contributed by atoms with E-state index in [2.05, 4.69) is 10.5 Å². The molecule has 2 nitrogen and oxygen atoms in total. The summed E-state index contributed by atoms with van der Waals surface area (Å²) in [6.45, 7) is 1.61. The minimum Gasteiger partial charge on any atom is -0.272 e. The van der Waals surface area contributed by atoms with Gasteiger partial charge in [-0.25, -0.2) is 17.6 Å². The second-order valence-corrected chi connectivity index (χ2v) is 5.21. The highest BCUT2D eigenvalue weighted by molar-refractivity contribution is 6.02. The van der Waals surface area contributed by atoms with Crippen LogP contribution in [0.4, 0.5) is 23.2 Å². The predicted molar refractivity (Wildman–Crippen MR) is 86.1 cm³/mol. The van der Waals surface area contributed by atoms with Crippen molar-refractivity contribution in [1.82, 2.24) is 0 Å². The molecule has 0 unspecified atom stereocenters. The Hall–Kier alpha value is -2.89. The molecule has 3 rings (SSSR count). The van der Waals surface area contributed by atoms with Crippen LogP contribution in [0.3, 0.4) is 0 Å². The van der Waals surface area contributed by atoms with E-state index in [0.717, 1.165) is 10.8 Å². The lowest BCUT2D eigenvalue weighted by Gasteiger charge is -2.08. The molecule has 0 saturated carbocycles. The van der Waals surface area contributed by atoms with Gasteiger partial charge in [-0.05, 0) is 29.3 Å². The molecule has 0 aliphatic carbocycles. The fourth-order valence-electron chi connectivity index (χ4n) is 2.29. The Kier molecular flexibility index (Phi) is 4.20. The van der Waals surface area contributed by atoms with Crippen molar-refractivity contribution in [1.29, 1.82) is 0 Å². The summed E-state index contributed by atoms with van der Waals surface area (Å²) in [5.74, 6) is -6.03. The van der Waals surface area contributed by atoms with E-state index in [9.17, 15) is 17.6 Å². The third kappa shape index (κ3) is 2.95. The molecule has 0 spiro atoms. The molecule has 122 valence electrons. The average molecular weight is 332 g/mol. The Morgan fingerprint density at radius 3 is 2.12 bits per heavy atom. The smallest absolute Gasteiger partial charge is 0.186 e. The third-order valence-electron chi connectivity index (χ3n) is 3.61. The molecule has 1 N–H and O–H groups in total. The highest BCUT2D eigenvalue weighted by atomic mass is 19.2. The van der Waals surface area contributed by atoms with Crippen LogP contribution in [-0.2, 0) is 0 Å². The van der Waals surface area contributed by atoms with Gasteiger partial charge in [0.15, 0.2) is 23.3 Å². The monoisotopic (exact) mass is 332 g/mol. The normalized spacial score (nSPS) is 11.8. The van der Waals surface area contributed by atoms with Crippen LogP contribution in [0.2, 0.25) is 0 Å². The first kappa shape index (κ1) is 16.0. The zero-order chi connectivity index (χ0) is 17.3. The summed E-state index contributed by atoms with van der Waals surface area (Å²) >= 11 is 0. The first-order valence-electron chi connectivity index (χ1n) is 7.10. The molecule has 3 aromatic rings. The van der Waals surface area contributed by atoms with Crippen molar-refractivity contribution < 1.29 is 17.6 Å². The fraction of sp³-hybridized carbons (Fsp3) is 0.0556. The zero-order valence-electron chi connectivity index (χ0n) is 12.6. The van der Waals surface area contributed by atoms with E-state index in [4.69, 9.17) is 0 Å². The maximum absolute atomic E-state index is 13.6. The molecule has 0 fully saturated rings. The predicted octanol–water partition coefficient (Wildman–Crippen LogP) is 5.23. The summed E-state index contributed by atoms with van der Waals surface area (Å²) in [7, 11) is 0. The van der Waals surface area contributed by atoms with Crippen LogP contribution in [0.25, 0.3) is 10.8 Å². The molecule has 0 aliphatic heterocycles. The lowest BCUT2D eigenvalue weighted by atomic mass is 10.0. The van der Waals surface area contributed by atoms with Crippen molar-refractivity contribution in [2.45, 2.75) is 6.92 Å². The number of anilines is 1. The summed E-state index contributed by atoms with van der Waals surface area (Å²) in [5.41, 5.74) is 2.22. The van der Waals surface area contributed by atoms with E-state index in [1.54, 1.807) is 13.0 Å². The van der Waals surface area contributed by atoms with Gasteiger partial charge >= 0.3 is 0 Å². The molecule has 0 aromatic heterocycles. The van der Waals surface area contributed by atoms with E-state index >= 15 is 0 Å². The molecule has 0 aliphatic rings. The number of hydrazone groups is 1. The number of halogens is 4. The van der Waals surface area contributed by atoms with Crippen LogP contribution in [0, 0.1) is 23.3 Å². The van der Waals surface area contributed by atoms with E-state index in [1.165, 1.54) is 0 Å². The molecule has 0 bridgehead atoms. The quantitative estimate of drug-likeness (QED) is 0.302. The van der Waals surface area contributed by atoms with E-state index < -0.39 is 29.0 Å². The van der Waals surface area contributed by atoms with Crippen LogP contribution >= 0.6 is 0 Å². The van der Waals surface area contributed by atoms with E-state index in [0.29, 0.717) is 11.3 Å². The summed E-state index contributed by atoms with van der Waals surface area (Å²) in [5, 5.41) is 5.83. The Morgan fingerprint density at radius 1 is 0.833 bits per heavy atom. The maximum Gasteiger partial charge on any atom is 0.186 e. The molecule has 24 heavy (non-hydrogen) atoms. The summed E-state index contributed by atoms with van der Waals surface area (Å²) in [6, 6.07) is 13.3. The first-order chi connectivity index (χ1) is 11.5. The van der Waals surface area contributed by atoms with Gasteiger partial charge in [-0.3, -0.25) is 5.43 Å². The van der Waals surface area contributed by atoms with Gasteiger partial charge in [0, 0.05) is 6.07 Å². The second kappa shape index (κ2) is 6.31. The summed E-state index contributed by atoms with van der Waals surface area (Å²) in [4.78, 5) is 0. The minimum absolute atomic E-state index is 0.149. The maximum atomic E-state index is 13.6. The zero-order valence-corrected chi connectivity index (χ0v) is 12.6. The number of nitrogens with one attached hydrogen (secondary N) is 1. The van der Waals surface area contributed by atoms with Crippen molar-refractivity contribution >= 4 is 22.2 Å². The van der Waals surface area contributed by atoms with Crippen LogP contribution in [0.5, 0.6) is 0 Å². The number of hydrogen-bond donors (Lipinski definition) is 1. The van der Waals surface area contributed by atoms with E-state index in [-0.39, 0.29) is 6.07 Å².